The molecule has 1 aromatic rings. The predicted octanol–water partition coefficient (Wildman–Crippen LogP) is 2.53. The Kier molecular flexibility index (Phi) is 6.28. The molecule has 0 atom stereocenters. The number of hydrogen-bond acceptors (Lipinski definition) is 3. The molecule has 2 amide bonds. The van der Waals surface area contributed by atoms with Gasteiger partial charge in [-0.25, -0.2) is 4.79 Å². The molecule has 1 saturated carbocycles. The van der Waals surface area contributed by atoms with Gasteiger partial charge in [0.05, 0.1) is 13.7 Å². The molecule has 128 valence electrons. The maximum absolute atomic E-state index is 12.1. The monoisotopic (exact) mass is 320 g/mol. The van der Waals surface area contributed by atoms with Gasteiger partial charge in [-0.05, 0) is 30.5 Å². The molecule has 1 aromatic carbocycles. The van der Waals surface area contributed by atoms with E-state index in [1.165, 1.54) is 29.7 Å². The van der Waals surface area contributed by atoms with Crippen LogP contribution in [-0.4, -0.2) is 49.9 Å². The summed E-state index contributed by atoms with van der Waals surface area (Å²) in [7, 11) is 3.37. The standard InChI is InChI=1S/C18H28N2O3/c1-20(12-13-21)17(22)19-14-18(10-4-3-5-11-18)15-6-8-16(23-2)9-7-15/h6-9,21H,3-5,10-14H2,1-2H3,(H,19,22). The highest BCUT2D eigenvalue weighted by molar-refractivity contribution is 5.74. The number of methoxy groups -OCH3 is 1. The Balaban J connectivity index is 2.10. The zero-order chi connectivity index (χ0) is 16.7. The van der Waals surface area contributed by atoms with Crippen molar-refractivity contribution >= 4 is 6.03 Å². The number of carbonyl (C=O) groups excluding carboxylic acids is 1. The average molecular weight is 320 g/mol. The third-order valence-electron chi connectivity index (χ3n) is 4.87. The molecule has 0 aliphatic heterocycles. The van der Waals surface area contributed by atoms with Gasteiger partial charge in [0, 0.05) is 25.6 Å². The first-order chi connectivity index (χ1) is 11.1. The lowest BCUT2D eigenvalue weighted by Crippen LogP contribution is -2.46. The van der Waals surface area contributed by atoms with Crippen molar-refractivity contribution in [1.29, 1.82) is 0 Å². The van der Waals surface area contributed by atoms with E-state index in [0.29, 0.717) is 13.1 Å². The van der Waals surface area contributed by atoms with E-state index in [1.54, 1.807) is 14.2 Å². The largest absolute Gasteiger partial charge is 0.497 e. The van der Waals surface area contributed by atoms with Crippen LogP contribution in [0.25, 0.3) is 0 Å². The number of rotatable bonds is 6. The Morgan fingerprint density at radius 2 is 1.91 bits per heavy atom. The first-order valence-electron chi connectivity index (χ1n) is 8.36. The van der Waals surface area contributed by atoms with Crippen LogP contribution < -0.4 is 10.1 Å². The summed E-state index contributed by atoms with van der Waals surface area (Å²) in [5.74, 6) is 0.853. The number of amides is 2. The Hall–Kier alpha value is -1.75. The number of aliphatic hydroxyl groups excluding tert-OH is 1. The number of benzene rings is 1. The fourth-order valence-corrected chi connectivity index (χ4v) is 3.37. The van der Waals surface area contributed by atoms with E-state index in [4.69, 9.17) is 9.84 Å². The van der Waals surface area contributed by atoms with Gasteiger partial charge in [0.25, 0.3) is 0 Å². The Morgan fingerprint density at radius 1 is 1.26 bits per heavy atom. The topological polar surface area (TPSA) is 61.8 Å². The van der Waals surface area contributed by atoms with E-state index in [2.05, 4.69) is 17.4 Å². The summed E-state index contributed by atoms with van der Waals surface area (Å²) in [5, 5.41) is 12.0. The highest BCUT2D eigenvalue weighted by Gasteiger charge is 2.34. The zero-order valence-corrected chi connectivity index (χ0v) is 14.2. The maximum Gasteiger partial charge on any atom is 0.317 e. The number of aliphatic hydroxyl groups is 1. The van der Waals surface area contributed by atoms with Crippen molar-refractivity contribution in [1.82, 2.24) is 10.2 Å². The number of nitrogens with one attached hydrogen (secondary N) is 1. The van der Waals surface area contributed by atoms with Crippen molar-refractivity contribution in [2.45, 2.75) is 37.5 Å². The second kappa shape index (κ2) is 8.20. The molecule has 2 N–H and O–H groups in total. The SMILES string of the molecule is COc1ccc(C2(CNC(=O)N(C)CCO)CCCCC2)cc1. The van der Waals surface area contributed by atoms with Gasteiger partial charge in [-0.3, -0.25) is 0 Å². The van der Waals surface area contributed by atoms with E-state index >= 15 is 0 Å². The second-order valence-corrected chi connectivity index (χ2v) is 6.37. The zero-order valence-electron chi connectivity index (χ0n) is 14.2. The molecule has 0 aromatic heterocycles. The molecule has 0 saturated heterocycles. The quantitative estimate of drug-likeness (QED) is 0.847. The summed E-state index contributed by atoms with van der Waals surface area (Å²) < 4.78 is 5.25. The fourth-order valence-electron chi connectivity index (χ4n) is 3.37. The van der Waals surface area contributed by atoms with Crippen LogP contribution in [0, 0.1) is 0 Å². The van der Waals surface area contributed by atoms with E-state index in [9.17, 15) is 4.79 Å². The van der Waals surface area contributed by atoms with Gasteiger partial charge in [0.1, 0.15) is 5.75 Å². The van der Waals surface area contributed by atoms with Crippen molar-refractivity contribution in [3.05, 3.63) is 29.8 Å². The summed E-state index contributed by atoms with van der Waals surface area (Å²) in [6.07, 6.45) is 5.81. The molecule has 0 bridgehead atoms. The Bertz CT molecular complexity index is 495. The number of urea groups is 1. The third-order valence-corrected chi connectivity index (χ3v) is 4.87. The molecule has 5 nitrogen and oxygen atoms in total. The minimum Gasteiger partial charge on any atom is -0.497 e. The van der Waals surface area contributed by atoms with Crippen molar-refractivity contribution < 1.29 is 14.6 Å². The normalized spacial score (nSPS) is 16.7. The van der Waals surface area contributed by atoms with Crippen LogP contribution in [0.3, 0.4) is 0 Å². The Morgan fingerprint density at radius 3 is 2.48 bits per heavy atom. The minimum absolute atomic E-state index is 0.000234. The summed E-state index contributed by atoms with van der Waals surface area (Å²) in [6, 6.07) is 8.09. The van der Waals surface area contributed by atoms with Crippen LogP contribution in [-0.2, 0) is 5.41 Å². The molecular formula is C18H28N2O3. The van der Waals surface area contributed by atoms with Gasteiger partial charge in [0.2, 0.25) is 0 Å². The molecular weight excluding hydrogens is 292 g/mol. The molecule has 1 aliphatic carbocycles. The number of ether oxygens (including phenoxy) is 1. The van der Waals surface area contributed by atoms with Crippen molar-refractivity contribution in [2.24, 2.45) is 0 Å². The molecule has 0 spiro atoms. The molecule has 0 heterocycles. The van der Waals surface area contributed by atoms with Crippen molar-refractivity contribution in [3.63, 3.8) is 0 Å². The highest BCUT2D eigenvalue weighted by Crippen LogP contribution is 2.39. The van der Waals surface area contributed by atoms with Gasteiger partial charge in [-0.1, -0.05) is 31.4 Å². The molecule has 23 heavy (non-hydrogen) atoms. The third kappa shape index (κ3) is 4.38. The van der Waals surface area contributed by atoms with Crippen LogP contribution >= 0.6 is 0 Å². The number of carbonyl (C=O) groups is 1. The van der Waals surface area contributed by atoms with Gasteiger partial charge in [-0.15, -0.1) is 0 Å². The van der Waals surface area contributed by atoms with Gasteiger partial charge < -0.3 is 20.1 Å². The smallest absolute Gasteiger partial charge is 0.317 e. The van der Waals surface area contributed by atoms with E-state index in [-0.39, 0.29) is 18.1 Å². The van der Waals surface area contributed by atoms with Gasteiger partial charge in [-0.2, -0.15) is 0 Å². The van der Waals surface area contributed by atoms with E-state index < -0.39 is 0 Å². The highest BCUT2D eigenvalue weighted by atomic mass is 16.5. The lowest BCUT2D eigenvalue weighted by molar-refractivity contribution is 0.184. The van der Waals surface area contributed by atoms with E-state index in [0.717, 1.165) is 18.6 Å². The minimum atomic E-state index is -0.127. The van der Waals surface area contributed by atoms with Gasteiger partial charge in [0.15, 0.2) is 0 Å². The van der Waals surface area contributed by atoms with Crippen LogP contribution in [0.15, 0.2) is 24.3 Å². The van der Waals surface area contributed by atoms with Crippen LogP contribution in [0.2, 0.25) is 0 Å². The first kappa shape index (κ1) is 17.6. The molecule has 5 heteroatoms. The van der Waals surface area contributed by atoms with Crippen molar-refractivity contribution in [3.8, 4) is 5.75 Å². The molecule has 1 aliphatic rings. The van der Waals surface area contributed by atoms with Crippen molar-refractivity contribution in [2.75, 3.05) is 33.9 Å². The average Bonchev–Trinajstić information content (AvgIpc) is 2.60. The number of nitrogens with zero attached hydrogens (tertiary/aromatic N) is 1. The van der Waals surface area contributed by atoms with Gasteiger partial charge >= 0.3 is 6.03 Å². The number of hydrogen-bond donors (Lipinski definition) is 2. The number of likely N-dealkylation sites (N-methyl/N-ethyl adjacent to an activating group) is 1. The summed E-state index contributed by atoms with van der Waals surface area (Å²) in [5.41, 5.74) is 1.27. The summed E-state index contributed by atoms with van der Waals surface area (Å²) in [4.78, 5) is 13.7. The molecule has 0 radical (unpaired) electrons. The Labute approximate surface area is 138 Å². The fraction of sp³-hybridized carbons (Fsp3) is 0.611. The van der Waals surface area contributed by atoms with E-state index in [1.807, 2.05) is 12.1 Å². The molecule has 0 unspecified atom stereocenters. The lowest BCUT2D eigenvalue weighted by Gasteiger charge is -2.38. The molecule has 1 fully saturated rings. The first-order valence-corrected chi connectivity index (χ1v) is 8.36. The summed E-state index contributed by atoms with van der Waals surface area (Å²) >= 11 is 0. The predicted molar refractivity (Wildman–Crippen MR) is 90.9 cm³/mol. The van der Waals surface area contributed by atoms with Crippen LogP contribution in [0.4, 0.5) is 4.79 Å². The lowest BCUT2D eigenvalue weighted by atomic mass is 9.69. The maximum atomic E-state index is 12.1. The van der Waals surface area contributed by atoms with Crippen LogP contribution in [0.5, 0.6) is 5.75 Å². The molecule has 2 rings (SSSR count). The van der Waals surface area contributed by atoms with Crippen LogP contribution in [0.1, 0.15) is 37.7 Å². The second-order valence-electron chi connectivity index (χ2n) is 6.37. The summed E-state index contributed by atoms with van der Waals surface area (Å²) in [6.45, 7) is 0.961.